The van der Waals surface area contributed by atoms with Crippen molar-refractivity contribution in [3.63, 3.8) is 0 Å². The van der Waals surface area contributed by atoms with Crippen molar-refractivity contribution >= 4 is 33.2 Å². The van der Waals surface area contributed by atoms with Crippen LogP contribution in [0.1, 0.15) is 24.2 Å². The third-order valence-electron chi connectivity index (χ3n) is 3.67. The van der Waals surface area contributed by atoms with Crippen LogP contribution in [0.5, 0.6) is 5.75 Å². The number of anilines is 1. The van der Waals surface area contributed by atoms with Gasteiger partial charge in [0.15, 0.2) is 0 Å². The van der Waals surface area contributed by atoms with Crippen LogP contribution in [0.25, 0.3) is 0 Å². The van der Waals surface area contributed by atoms with Gasteiger partial charge in [0.1, 0.15) is 5.75 Å². The molecule has 0 aliphatic heterocycles. The zero-order chi connectivity index (χ0) is 20.7. The van der Waals surface area contributed by atoms with Crippen LogP contribution in [-0.4, -0.2) is 40.7 Å². The van der Waals surface area contributed by atoms with Crippen molar-refractivity contribution in [3.8, 4) is 5.75 Å². The molecule has 0 aliphatic carbocycles. The molecule has 0 saturated heterocycles. The number of methoxy groups -OCH3 is 1. The summed E-state index contributed by atoms with van der Waals surface area (Å²) in [5, 5.41) is 3.11. The Labute approximate surface area is 170 Å². The first-order chi connectivity index (χ1) is 13.3. The molecular formula is C19H23ClN2O5S. The molecule has 2 rings (SSSR count). The van der Waals surface area contributed by atoms with Gasteiger partial charge in [0.25, 0.3) is 5.91 Å². The predicted molar refractivity (Wildman–Crippen MR) is 109 cm³/mol. The van der Waals surface area contributed by atoms with Crippen molar-refractivity contribution in [3.05, 3.63) is 53.1 Å². The van der Waals surface area contributed by atoms with E-state index < -0.39 is 22.0 Å². The molecule has 0 saturated carbocycles. The Hall–Kier alpha value is -2.13. The minimum absolute atomic E-state index is 0.000278. The fourth-order valence-electron chi connectivity index (χ4n) is 2.50. The average molecular weight is 427 g/mol. The molecule has 0 spiro atoms. The highest BCUT2D eigenvalue weighted by Crippen LogP contribution is 2.28. The SMILES string of the molecule is CCOc1ccc(S(=O)(=O)N[C@H](C)COC)cc1NC(=O)c1cccc(Cl)c1. The number of hydrogen-bond acceptors (Lipinski definition) is 5. The standard InChI is InChI=1S/C19H23ClN2O5S/c1-4-27-18-9-8-16(28(24,25)22-13(2)12-26-3)11-17(18)21-19(23)14-6-5-7-15(20)10-14/h5-11,13,22H,4,12H2,1-3H3,(H,21,23)/t13-/m1/s1. The monoisotopic (exact) mass is 426 g/mol. The third kappa shape index (κ3) is 5.93. The number of halogens is 1. The maximum atomic E-state index is 12.6. The van der Waals surface area contributed by atoms with E-state index in [1.165, 1.54) is 31.4 Å². The second-order valence-electron chi connectivity index (χ2n) is 6.03. The number of sulfonamides is 1. The highest BCUT2D eigenvalue weighted by Gasteiger charge is 2.20. The van der Waals surface area contributed by atoms with Gasteiger partial charge in [0, 0.05) is 23.7 Å². The largest absolute Gasteiger partial charge is 0.492 e. The number of rotatable bonds is 9. The van der Waals surface area contributed by atoms with Crippen LogP contribution in [0.2, 0.25) is 5.02 Å². The summed E-state index contributed by atoms with van der Waals surface area (Å²) in [7, 11) is -2.31. The first kappa shape index (κ1) is 22.2. The molecule has 0 unspecified atom stereocenters. The zero-order valence-corrected chi connectivity index (χ0v) is 17.4. The van der Waals surface area contributed by atoms with Crippen molar-refractivity contribution in [1.29, 1.82) is 0 Å². The summed E-state index contributed by atoms with van der Waals surface area (Å²) < 4.78 is 38.2. The molecule has 7 nitrogen and oxygen atoms in total. The molecule has 0 bridgehead atoms. The van der Waals surface area contributed by atoms with Crippen molar-refractivity contribution in [2.24, 2.45) is 0 Å². The van der Waals surface area contributed by atoms with Crippen molar-refractivity contribution in [2.75, 3.05) is 25.6 Å². The maximum Gasteiger partial charge on any atom is 0.255 e. The average Bonchev–Trinajstić information content (AvgIpc) is 2.63. The van der Waals surface area contributed by atoms with Crippen LogP contribution in [-0.2, 0) is 14.8 Å². The molecule has 0 heterocycles. The summed E-state index contributed by atoms with van der Waals surface area (Å²) in [6.07, 6.45) is 0. The normalized spacial score (nSPS) is 12.4. The molecule has 2 N–H and O–H groups in total. The number of carbonyl (C=O) groups is 1. The smallest absolute Gasteiger partial charge is 0.255 e. The molecule has 1 amide bonds. The highest BCUT2D eigenvalue weighted by molar-refractivity contribution is 7.89. The van der Waals surface area contributed by atoms with Gasteiger partial charge in [0.2, 0.25) is 10.0 Å². The van der Waals surface area contributed by atoms with Crippen molar-refractivity contribution < 1.29 is 22.7 Å². The fourth-order valence-corrected chi connectivity index (χ4v) is 3.94. The lowest BCUT2D eigenvalue weighted by Gasteiger charge is -2.16. The summed E-state index contributed by atoms with van der Waals surface area (Å²) in [5.41, 5.74) is 0.587. The molecule has 9 heteroatoms. The van der Waals surface area contributed by atoms with E-state index in [0.29, 0.717) is 22.9 Å². The molecular weight excluding hydrogens is 404 g/mol. The molecule has 1 atom stereocenters. The van der Waals surface area contributed by atoms with Crippen LogP contribution in [0, 0.1) is 0 Å². The second-order valence-corrected chi connectivity index (χ2v) is 8.18. The number of nitrogens with one attached hydrogen (secondary N) is 2. The second kappa shape index (κ2) is 9.88. The van der Waals surface area contributed by atoms with Gasteiger partial charge < -0.3 is 14.8 Å². The summed E-state index contributed by atoms with van der Waals surface area (Å²) >= 11 is 5.93. The Kier molecular flexibility index (Phi) is 7.82. The summed E-state index contributed by atoms with van der Waals surface area (Å²) in [4.78, 5) is 12.5. The first-order valence-electron chi connectivity index (χ1n) is 8.62. The Morgan fingerprint density at radius 3 is 2.61 bits per heavy atom. The zero-order valence-electron chi connectivity index (χ0n) is 15.9. The number of benzene rings is 2. The topological polar surface area (TPSA) is 93.7 Å². The van der Waals surface area contributed by atoms with Gasteiger partial charge in [-0.05, 0) is 50.2 Å². The lowest BCUT2D eigenvalue weighted by molar-refractivity contribution is 0.102. The van der Waals surface area contributed by atoms with Gasteiger partial charge in [-0.3, -0.25) is 4.79 Å². The molecule has 152 valence electrons. The van der Waals surface area contributed by atoms with Gasteiger partial charge in [-0.25, -0.2) is 13.1 Å². The Bertz CT molecular complexity index is 934. The van der Waals surface area contributed by atoms with Crippen LogP contribution >= 0.6 is 11.6 Å². The van der Waals surface area contributed by atoms with Gasteiger partial charge in [0.05, 0.1) is 23.8 Å². The number of carbonyl (C=O) groups excluding carboxylic acids is 1. The van der Waals surface area contributed by atoms with Crippen molar-refractivity contribution in [1.82, 2.24) is 4.72 Å². The van der Waals surface area contributed by atoms with Gasteiger partial charge in [-0.2, -0.15) is 0 Å². The number of ether oxygens (including phenoxy) is 2. The van der Waals surface area contributed by atoms with Gasteiger partial charge in [-0.1, -0.05) is 17.7 Å². The van der Waals surface area contributed by atoms with Crippen LogP contribution in [0.15, 0.2) is 47.4 Å². The Morgan fingerprint density at radius 2 is 1.96 bits per heavy atom. The van der Waals surface area contributed by atoms with Crippen molar-refractivity contribution in [2.45, 2.75) is 24.8 Å². The summed E-state index contributed by atoms with van der Waals surface area (Å²) in [5.74, 6) is -0.0690. The molecule has 0 fully saturated rings. The molecule has 0 aliphatic rings. The minimum Gasteiger partial charge on any atom is -0.492 e. The number of hydrogen-bond donors (Lipinski definition) is 2. The van der Waals surface area contributed by atoms with Gasteiger partial charge in [-0.15, -0.1) is 0 Å². The minimum atomic E-state index is -3.80. The Balaban J connectivity index is 2.33. The van der Waals surface area contributed by atoms with E-state index >= 15 is 0 Å². The molecule has 2 aromatic carbocycles. The van der Waals surface area contributed by atoms with Gasteiger partial charge >= 0.3 is 0 Å². The molecule has 2 aromatic rings. The van der Waals surface area contributed by atoms with E-state index in [9.17, 15) is 13.2 Å². The lowest BCUT2D eigenvalue weighted by Crippen LogP contribution is -2.35. The molecule has 28 heavy (non-hydrogen) atoms. The lowest BCUT2D eigenvalue weighted by atomic mass is 10.2. The summed E-state index contributed by atoms with van der Waals surface area (Å²) in [6.45, 7) is 4.07. The molecule has 0 aromatic heterocycles. The van der Waals surface area contributed by atoms with Crippen LogP contribution in [0.4, 0.5) is 5.69 Å². The van der Waals surface area contributed by atoms with E-state index in [2.05, 4.69) is 10.0 Å². The highest BCUT2D eigenvalue weighted by atomic mass is 35.5. The van der Waals surface area contributed by atoms with E-state index in [1.54, 1.807) is 32.0 Å². The fraction of sp³-hybridized carbons (Fsp3) is 0.316. The van der Waals surface area contributed by atoms with E-state index in [-0.39, 0.29) is 17.2 Å². The van der Waals surface area contributed by atoms with Crippen LogP contribution < -0.4 is 14.8 Å². The number of amides is 1. The summed E-state index contributed by atoms with van der Waals surface area (Å²) in [6, 6.07) is 10.3. The maximum absolute atomic E-state index is 12.6. The first-order valence-corrected chi connectivity index (χ1v) is 10.5. The quantitative estimate of drug-likeness (QED) is 0.641. The van der Waals surface area contributed by atoms with E-state index in [0.717, 1.165) is 0 Å². The van der Waals surface area contributed by atoms with E-state index in [4.69, 9.17) is 21.1 Å². The predicted octanol–water partition coefficient (Wildman–Crippen LogP) is 3.30. The third-order valence-corrected chi connectivity index (χ3v) is 5.49. The molecule has 0 radical (unpaired) electrons. The van der Waals surface area contributed by atoms with E-state index in [1.807, 2.05) is 0 Å². The Morgan fingerprint density at radius 1 is 1.21 bits per heavy atom. The van der Waals surface area contributed by atoms with Crippen LogP contribution in [0.3, 0.4) is 0 Å².